The molecule has 112 valence electrons. The fraction of sp³-hybridized carbons (Fsp3) is 0.533. The lowest BCUT2D eigenvalue weighted by atomic mass is 9.86. The van der Waals surface area contributed by atoms with Gasteiger partial charge in [-0.2, -0.15) is 13.2 Å². The first-order valence-electron chi connectivity index (χ1n) is 6.63. The van der Waals surface area contributed by atoms with Crippen LogP contribution in [-0.4, -0.2) is 18.8 Å². The van der Waals surface area contributed by atoms with Crippen LogP contribution in [0, 0.1) is 5.92 Å². The molecule has 2 nitrogen and oxygen atoms in total. The highest BCUT2D eigenvalue weighted by Crippen LogP contribution is 2.38. The summed E-state index contributed by atoms with van der Waals surface area (Å²) >= 11 is 0. The molecule has 1 aromatic rings. The van der Waals surface area contributed by atoms with E-state index in [0.29, 0.717) is 5.56 Å². The molecule has 0 saturated carbocycles. The molecule has 0 fully saturated rings. The Balaban J connectivity index is 3.12. The number of benzene rings is 1. The number of hydrogen-bond acceptors (Lipinski definition) is 2. The van der Waals surface area contributed by atoms with Gasteiger partial charge in [0, 0.05) is 0 Å². The number of aryl methyl sites for hydroxylation is 1. The van der Waals surface area contributed by atoms with E-state index >= 15 is 0 Å². The third-order valence-electron chi connectivity index (χ3n) is 3.30. The summed E-state index contributed by atoms with van der Waals surface area (Å²) in [6, 6.07) is 6.63. The zero-order valence-corrected chi connectivity index (χ0v) is 11.8. The fourth-order valence-electron chi connectivity index (χ4n) is 2.01. The van der Waals surface area contributed by atoms with E-state index < -0.39 is 24.0 Å². The molecule has 1 unspecified atom stereocenters. The summed E-state index contributed by atoms with van der Waals surface area (Å²) in [6.45, 7) is 4.60. The number of hydrogen-bond donors (Lipinski definition) is 0. The Bertz CT molecular complexity index is 437. The lowest BCUT2D eigenvalue weighted by Gasteiger charge is -2.25. The van der Waals surface area contributed by atoms with Gasteiger partial charge in [-0.05, 0) is 24.5 Å². The number of alkyl halides is 3. The summed E-state index contributed by atoms with van der Waals surface area (Å²) in [6.07, 6.45) is -3.65. The van der Waals surface area contributed by atoms with Crippen LogP contribution >= 0.6 is 0 Å². The molecule has 0 bridgehead atoms. The van der Waals surface area contributed by atoms with Crippen LogP contribution in [0.4, 0.5) is 13.2 Å². The predicted octanol–water partition coefficient (Wildman–Crippen LogP) is 4.09. The number of halogens is 3. The quantitative estimate of drug-likeness (QED) is 0.763. The third kappa shape index (κ3) is 3.99. The molecule has 20 heavy (non-hydrogen) atoms. The molecule has 0 aliphatic carbocycles. The number of ether oxygens (including phenoxy) is 1. The first kappa shape index (κ1) is 16.5. The van der Waals surface area contributed by atoms with Gasteiger partial charge in [0.25, 0.3) is 0 Å². The van der Waals surface area contributed by atoms with E-state index in [0.717, 1.165) is 18.9 Å². The second-order valence-electron chi connectivity index (χ2n) is 4.66. The van der Waals surface area contributed by atoms with Gasteiger partial charge in [-0.25, -0.2) is 0 Å². The normalized spacial score (nSPS) is 14.7. The van der Waals surface area contributed by atoms with Crippen molar-refractivity contribution in [2.45, 2.75) is 39.3 Å². The molecule has 2 atom stereocenters. The van der Waals surface area contributed by atoms with Crippen molar-refractivity contribution in [2.75, 3.05) is 6.61 Å². The zero-order valence-electron chi connectivity index (χ0n) is 11.8. The van der Waals surface area contributed by atoms with Gasteiger partial charge in [-0.1, -0.05) is 38.1 Å². The van der Waals surface area contributed by atoms with Crippen LogP contribution in [0.25, 0.3) is 0 Å². The molecule has 1 rings (SSSR count). The Morgan fingerprint density at radius 1 is 1.20 bits per heavy atom. The van der Waals surface area contributed by atoms with Crippen molar-refractivity contribution in [3.05, 3.63) is 35.4 Å². The van der Waals surface area contributed by atoms with Crippen LogP contribution < -0.4 is 0 Å². The molecule has 0 amide bonds. The van der Waals surface area contributed by atoms with Crippen molar-refractivity contribution >= 4 is 5.97 Å². The summed E-state index contributed by atoms with van der Waals surface area (Å²) in [5.41, 5.74) is 1.35. The van der Waals surface area contributed by atoms with Gasteiger partial charge < -0.3 is 4.74 Å². The number of esters is 1. The fourth-order valence-corrected chi connectivity index (χ4v) is 2.01. The lowest BCUT2D eigenvalue weighted by Crippen LogP contribution is -2.32. The van der Waals surface area contributed by atoms with Gasteiger partial charge in [-0.15, -0.1) is 0 Å². The first-order chi connectivity index (χ1) is 9.31. The molecule has 0 heterocycles. The van der Waals surface area contributed by atoms with E-state index in [-0.39, 0.29) is 6.61 Å². The second-order valence-corrected chi connectivity index (χ2v) is 4.66. The largest absolute Gasteiger partial charge is 0.466 e. The predicted molar refractivity (Wildman–Crippen MR) is 70.4 cm³/mol. The number of rotatable bonds is 5. The smallest absolute Gasteiger partial charge is 0.392 e. The molecule has 0 aliphatic heterocycles. The minimum Gasteiger partial charge on any atom is -0.466 e. The molecule has 0 N–H and O–H groups in total. The topological polar surface area (TPSA) is 26.3 Å². The Morgan fingerprint density at radius 3 is 2.15 bits per heavy atom. The highest BCUT2D eigenvalue weighted by Gasteiger charge is 2.45. The third-order valence-corrected chi connectivity index (χ3v) is 3.30. The van der Waals surface area contributed by atoms with Crippen molar-refractivity contribution in [3.63, 3.8) is 0 Å². The van der Waals surface area contributed by atoms with Gasteiger partial charge in [0.1, 0.15) is 0 Å². The van der Waals surface area contributed by atoms with Crippen molar-refractivity contribution in [3.8, 4) is 0 Å². The summed E-state index contributed by atoms with van der Waals surface area (Å²) in [4.78, 5) is 11.9. The number of carbonyl (C=O) groups excluding carboxylic acids is 1. The average molecular weight is 288 g/mol. The molecule has 0 spiro atoms. The zero-order chi connectivity index (χ0) is 15.3. The highest BCUT2D eigenvalue weighted by molar-refractivity contribution is 5.78. The SMILES string of the molecule is CCOC(=O)C(c1ccc(CC)cc1)[C@@H](C)C(F)(F)F. The Labute approximate surface area is 116 Å². The summed E-state index contributed by atoms with van der Waals surface area (Å²) in [7, 11) is 0. The summed E-state index contributed by atoms with van der Waals surface area (Å²) in [5.74, 6) is -3.93. The van der Waals surface area contributed by atoms with Gasteiger partial charge in [0.15, 0.2) is 0 Å². The Morgan fingerprint density at radius 2 is 1.75 bits per heavy atom. The summed E-state index contributed by atoms with van der Waals surface area (Å²) < 4.78 is 43.6. The maximum atomic E-state index is 12.9. The van der Waals surface area contributed by atoms with E-state index in [2.05, 4.69) is 0 Å². The lowest BCUT2D eigenvalue weighted by molar-refractivity contribution is -0.185. The first-order valence-corrected chi connectivity index (χ1v) is 6.63. The van der Waals surface area contributed by atoms with Crippen LogP contribution in [0.1, 0.15) is 37.8 Å². The highest BCUT2D eigenvalue weighted by atomic mass is 19.4. The molecular weight excluding hydrogens is 269 g/mol. The summed E-state index contributed by atoms with van der Waals surface area (Å²) in [5, 5.41) is 0. The van der Waals surface area contributed by atoms with Gasteiger partial charge in [0.05, 0.1) is 18.4 Å². The molecule has 0 radical (unpaired) electrons. The van der Waals surface area contributed by atoms with E-state index in [1.807, 2.05) is 6.92 Å². The van der Waals surface area contributed by atoms with Crippen molar-refractivity contribution in [2.24, 2.45) is 5.92 Å². The monoisotopic (exact) mass is 288 g/mol. The second kappa shape index (κ2) is 6.77. The van der Waals surface area contributed by atoms with E-state index in [4.69, 9.17) is 4.74 Å². The number of carbonyl (C=O) groups is 1. The standard InChI is InChI=1S/C15H19F3O2/c1-4-11-6-8-12(9-7-11)13(14(19)20-5-2)10(3)15(16,17)18/h6-10,13H,4-5H2,1-3H3/t10-,13?/m1/s1. The van der Waals surface area contributed by atoms with Crippen LogP contribution in [0.5, 0.6) is 0 Å². The Kier molecular flexibility index (Phi) is 5.60. The van der Waals surface area contributed by atoms with Crippen molar-refractivity contribution < 1.29 is 22.7 Å². The maximum Gasteiger partial charge on any atom is 0.392 e. The molecule has 0 aromatic heterocycles. The molecular formula is C15H19F3O2. The minimum absolute atomic E-state index is 0.0625. The van der Waals surface area contributed by atoms with E-state index in [1.54, 1.807) is 31.2 Å². The van der Waals surface area contributed by atoms with Crippen LogP contribution in [0.2, 0.25) is 0 Å². The molecule has 1 aromatic carbocycles. The van der Waals surface area contributed by atoms with Crippen LogP contribution in [0.3, 0.4) is 0 Å². The molecule has 0 saturated heterocycles. The minimum atomic E-state index is -4.44. The molecule has 5 heteroatoms. The average Bonchev–Trinajstić information content (AvgIpc) is 2.39. The van der Waals surface area contributed by atoms with Crippen LogP contribution in [-0.2, 0) is 16.0 Å². The molecule has 0 aliphatic rings. The maximum absolute atomic E-state index is 12.9. The van der Waals surface area contributed by atoms with Gasteiger partial charge >= 0.3 is 12.1 Å². The van der Waals surface area contributed by atoms with E-state index in [9.17, 15) is 18.0 Å². The van der Waals surface area contributed by atoms with Gasteiger partial charge in [-0.3, -0.25) is 4.79 Å². The van der Waals surface area contributed by atoms with E-state index in [1.165, 1.54) is 0 Å². The Hall–Kier alpha value is -1.52. The van der Waals surface area contributed by atoms with Gasteiger partial charge in [0.2, 0.25) is 0 Å². The van der Waals surface area contributed by atoms with Crippen LogP contribution in [0.15, 0.2) is 24.3 Å². The van der Waals surface area contributed by atoms with Crippen molar-refractivity contribution in [1.82, 2.24) is 0 Å². The van der Waals surface area contributed by atoms with Crippen molar-refractivity contribution in [1.29, 1.82) is 0 Å².